The zero-order valence-electron chi connectivity index (χ0n) is 11.2. The second-order valence-corrected chi connectivity index (χ2v) is 4.46. The topological polar surface area (TPSA) is 67.1 Å². The fourth-order valence-electron chi connectivity index (χ4n) is 1.73. The van der Waals surface area contributed by atoms with Gasteiger partial charge in [0.1, 0.15) is 0 Å². The summed E-state index contributed by atoms with van der Waals surface area (Å²) < 4.78 is 25.8. The van der Waals surface area contributed by atoms with Gasteiger partial charge < -0.3 is 16.4 Å². The highest BCUT2D eigenvalue weighted by Crippen LogP contribution is 2.10. The molecule has 0 fully saturated rings. The van der Waals surface area contributed by atoms with Crippen molar-refractivity contribution in [1.29, 1.82) is 0 Å². The minimum Gasteiger partial charge on any atom is -0.334 e. The number of carbonyl (C=O) groups excluding carboxylic acids is 1. The van der Waals surface area contributed by atoms with Crippen molar-refractivity contribution >= 4 is 11.7 Å². The first-order chi connectivity index (χ1) is 10.1. The molecule has 4 N–H and O–H groups in total. The number of nitrogens with one attached hydrogen (secondary N) is 2. The van der Waals surface area contributed by atoms with Crippen LogP contribution in [0.2, 0.25) is 0 Å². The molecule has 2 aromatic rings. The maximum atomic E-state index is 13.0. The number of urea groups is 1. The summed E-state index contributed by atoms with van der Waals surface area (Å²) in [5.74, 6) is -1.85. The van der Waals surface area contributed by atoms with E-state index in [2.05, 4.69) is 10.6 Å². The van der Waals surface area contributed by atoms with Gasteiger partial charge in [-0.3, -0.25) is 0 Å². The maximum absolute atomic E-state index is 13.0. The van der Waals surface area contributed by atoms with Crippen molar-refractivity contribution in [1.82, 2.24) is 5.32 Å². The monoisotopic (exact) mass is 291 g/mol. The summed E-state index contributed by atoms with van der Waals surface area (Å²) >= 11 is 0. The van der Waals surface area contributed by atoms with Gasteiger partial charge in [0, 0.05) is 18.8 Å². The average Bonchev–Trinajstić information content (AvgIpc) is 2.49. The molecule has 4 nitrogen and oxygen atoms in total. The Balaban J connectivity index is 1.87. The van der Waals surface area contributed by atoms with E-state index in [1.54, 1.807) is 12.1 Å². The molecule has 0 aromatic heterocycles. The molecule has 21 heavy (non-hydrogen) atoms. The summed E-state index contributed by atoms with van der Waals surface area (Å²) in [5, 5.41) is 5.19. The van der Waals surface area contributed by atoms with Crippen molar-refractivity contribution in [3.8, 4) is 0 Å². The number of anilines is 1. The maximum Gasteiger partial charge on any atom is 0.319 e. The predicted molar refractivity (Wildman–Crippen MR) is 76.5 cm³/mol. The van der Waals surface area contributed by atoms with Gasteiger partial charge in [-0.25, -0.2) is 13.6 Å². The third-order valence-corrected chi connectivity index (χ3v) is 2.88. The van der Waals surface area contributed by atoms with Gasteiger partial charge >= 0.3 is 6.03 Å². The number of carbonyl (C=O) groups is 1. The Labute approximate surface area is 121 Å². The van der Waals surface area contributed by atoms with Gasteiger partial charge in [-0.15, -0.1) is 0 Å². The zero-order chi connectivity index (χ0) is 15.2. The fourth-order valence-corrected chi connectivity index (χ4v) is 1.73. The summed E-state index contributed by atoms with van der Waals surface area (Å²) in [6, 6.07) is 10.1. The van der Waals surface area contributed by atoms with Crippen LogP contribution in [-0.4, -0.2) is 6.03 Å². The Bertz CT molecular complexity index is 629. The first-order valence-electron chi connectivity index (χ1n) is 6.36. The third kappa shape index (κ3) is 4.25. The van der Waals surface area contributed by atoms with Crippen LogP contribution in [0.1, 0.15) is 11.1 Å². The van der Waals surface area contributed by atoms with Gasteiger partial charge in [0.05, 0.1) is 0 Å². The van der Waals surface area contributed by atoms with Crippen LogP contribution in [0.4, 0.5) is 19.3 Å². The molecule has 0 saturated heterocycles. The minimum absolute atomic E-state index is 0.101. The Morgan fingerprint density at radius 1 is 1.00 bits per heavy atom. The fraction of sp³-hybridized carbons (Fsp3) is 0.133. The van der Waals surface area contributed by atoms with Gasteiger partial charge in [-0.1, -0.05) is 18.2 Å². The van der Waals surface area contributed by atoms with Crippen LogP contribution in [0.15, 0.2) is 42.5 Å². The second-order valence-electron chi connectivity index (χ2n) is 4.46. The molecule has 2 rings (SSSR count). The van der Waals surface area contributed by atoms with Gasteiger partial charge in [0.25, 0.3) is 0 Å². The first kappa shape index (κ1) is 14.9. The van der Waals surface area contributed by atoms with E-state index in [0.717, 1.165) is 17.7 Å². The van der Waals surface area contributed by atoms with Crippen molar-refractivity contribution in [3.63, 3.8) is 0 Å². The molecule has 0 heterocycles. The van der Waals surface area contributed by atoms with E-state index in [-0.39, 0.29) is 6.54 Å². The number of rotatable bonds is 4. The number of hydrogen-bond acceptors (Lipinski definition) is 2. The summed E-state index contributed by atoms with van der Waals surface area (Å²) in [7, 11) is 0. The highest BCUT2D eigenvalue weighted by atomic mass is 19.2. The van der Waals surface area contributed by atoms with E-state index >= 15 is 0 Å². The molecule has 0 spiro atoms. The number of amides is 2. The van der Waals surface area contributed by atoms with E-state index in [0.29, 0.717) is 17.8 Å². The lowest BCUT2D eigenvalue weighted by Crippen LogP contribution is -2.28. The van der Waals surface area contributed by atoms with Gasteiger partial charge in [0.15, 0.2) is 11.6 Å². The molecular formula is C15H15F2N3O. The molecule has 0 aliphatic carbocycles. The molecule has 6 heteroatoms. The Kier molecular flexibility index (Phi) is 4.84. The van der Waals surface area contributed by atoms with Crippen molar-refractivity contribution in [2.75, 3.05) is 5.32 Å². The highest BCUT2D eigenvalue weighted by molar-refractivity contribution is 5.89. The molecule has 0 radical (unpaired) electrons. The van der Waals surface area contributed by atoms with Crippen molar-refractivity contribution < 1.29 is 13.6 Å². The van der Waals surface area contributed by atoms with Crippen molar-refractivity contribution in [2.24, 2.45) is 5.73 Å². The van der Waals surface area contributed by atoms with E-state index in [1.165, 1.54) is 6.07 Å². The second kappa shape index (κ2) is 6.81. The summed E-state index contributed by atoms with van der Waals surface area (Å²) in [6.07, 6.45) is 0. The van der Waals surface area contributed by atoms with Crippen LogP contribution in [-0.2, 0) is 13.1 Å². The molecule has 0 bridgehead atoms. The van der Waals surface area contributed by atoms with Crippen LogP contribution in [0.5, 0.6) is 0 Å². The quantitative estimate of drug-likeness (QED) is 0.811. The standard InChI is InChI=1S/C15H15F2N3O/c16-13-6-3-11(7-14(13)17)9-19-15(21)20-12-4-1-10(8-18)2-5-12/h1-7H,8-9,18H2,(H2,19,20,21). The third-order valence-electron chi connectivity index (χ3n) is 2.88. The first-order valence-corrected chi connectivity index (χ1v) is 6.36. The summed E-state index contributed by atoms with van der Waals surface area (Å²) in [6.45, 7) is 0.534. The van der Waals surface area contributed by atoms with Crippen molar-refractivity contribution in [2.45, 2.75) is 13.1 Å². The summed E-state index contributed by atoms with van der Waals surface area (Å²) in [4.78, 5) is 11.7. The van der Waals surface area contributed by atoms with Gasteiger partial charge in [0.2, 0.25) is 0 Å². The molecule has 0 atom stereocenters. The molecule has 2 amide bonds. The highest BCUT2D eigenvalue weighted by Gasteiger charge is 2.05. The normalized spacial score (nSPS) is 10.2. The van der Waals surface area contributed by atoms with Crippen LogP contribution in [0, 0.1) is 11.6 Å². The van der Waals surface area contributed by atoms with Gasteiger partial charge in [-0.05, 0) is 35.4 Å². The van der Waals surface area contributed by atoms with E-state index in [1.807, 2.05) is 12.1 Å². The van der Waals surface area contributed by atoms with Crippen LogP contribution >= 0.6 is 0 Å². The smallest absolute Gasteiger partial charge is 0.319 e. The molecule has 0 unspecified atom stereocenters. The molecule has 0 aliphatic heterocycles. The largest absolute Gasteiger partial charge is 0.334 e. The average molecular weight is 291 g/mol. The Hall–Kier alpha value is -2.47. The molecule has 110 valence electrons. The SMILES string of the molecule is NCc1ccc(NC(=O)NCc2ccc(F)c(F)c2)cc1. The lowest BCUT2D eigenvalue weighted by atomic mass is 10.2. The molecule has 0 saturated carbocycles. The van der Waals surface area contributed by atoms with E-state index in [4.69, 9.17) is 5.73 Å². The van der Waals surface area contributed by atoms with E-state index in [9.17, 15) is 13.6 Å². The van der Waals surface area contributed by atoms with E-state index < -0.39 is 17.7 Å². The Morgan fingerprint density at radius 2 is 1.67 bits per heavy atom. The summed E-state index contributed by atoms with van der Waals surface area (Å²) in [5.41, 5.74) is 7.53. The van der Waals surface area contributed by atoms with Gasteiger partial charge in [-0.2, -0.15) is 0 Å². The lowest BCUT2D eigenvalue weighted by molar-refractivity contribution is 0.251. The minimum atomic E-state index is -0.938. The lowest BCUT2D eigenvalue weighted by Gasteiger charge is -2.08. The van der Waals surface area contributed by atoms with Crippen LogP contribution in [0.3, 0.4) is 0 Å². The number of nitrogens with two attached hydrogens (primary N) is 1. The zero-order valence-corrected chi connectivity index (χ0v) is 11.2. The van der Waals surface area contributed by atoms with Crippen molar-refractivity contribution in [3.05, 3.63) is 65.2 Å². The molecule has 2 aromatic carbocycles. The number of halogens is 2. The number of hydrogen-bond donors (Lipinski definition) is 3. The molecule has 0 aliphatic rings. The van der Waals surface area contributed by atoms with Crippen LogP contribution < -0.4 is 16.4 Å². The number of benzene rings is 2. The molecular weight excluding hydrogens is 276 g/mol. The Morgan fingerprint density at radius 3 is 2.29 bits per heavy atom. The van der Waals surface area contributed by atoms with Crippen LogP contribution in [0.25, 0.3) is 0 Å². The predicted octanol–water partition coefficient (Wildman–Crippen LogP) is 2.75.